The van der Waals surface area contributed by atoms with Gasteiger partial charge in [-0.3, -0.25) is 0 Å². The van der Waals surface area contributed by atoms with E-state index < -0.39 is 0 Å². The van der Waals surface area contributed by atoms with Crippen molar-refractivity contribution >= 4 is 66.4 Å². The monoisotopic (exact) mass is 636 g/mol. The normalized spacial score (nSPS) is 12.0. The summed E-state index contributed by atoms with van der Waals surface area (Å²) in [6.07, 6.45) is 0. The van der Waals surface area contributed by atoms with Crippen LogP contribution in [0, 0.1) is 0 Å². The molecule has 1 heterocycles. The first-order chi connectivity index (χ1) is 24.8. The van der Waals surface area contributed by atoms with Gasteiger partial charge in [-0.25, -0.2) is 0 Å². The molecule has 1 aliphatic rings. The highest BCUT2D eigenvalue weighted by Crippen LogP contribution is 2.53. The van der Waals surface area contributed by atoms with Crippen LogP contribution in [0.2, 0.25) is 0 Å². The molecule has 0 aliphatic carbocycles. The minimum atomic E-state index is 1.10. The predicted octanol–water partition coefficient (Wildman–Crippen LogP) is 13.7. The van der Waals surface area contributed by atoms with Crippen molar-refractivity contribution in [1.29, 1.82) is 0 Å². The fourth-order valence-electron chi connectivity index (χ4n) is 7.82. The molecule has 50 heavy (non-hydrogen) atoms. The molecule has 0 amide bonds. The largest absolute Gasteiger partial charge is 0.310 e. The van der Waals surface area contributed by atoms with Crippen molar-refractivity contribution < 1.29 is 0 Å². The maximum absolute atomic E-state index is 2.44. The molecule has 0 spiro atoms. The molecular weight excluding hydrogens is 605 g/mol. The Balaban J connectivity index is 1.14. The number of nitrogens with zero attached hydrogens (tertiary/aromatic N) is 2. The molecule has 0 aromatic heterocycles. The van der Waals surface area contributed by atoms with Gasteiger partial charge in [-0.1, -0.05) is 133 Å². The van der Waals surface area contributed by atoms with Crippen LogP contribution in [0.1, 0.15) is 0 Å². The second-order valence-electron chi connectivity index (χ2n) is 13.0. The van der Waals surface area contributed by atoms with E-state index in [1.54, 1.807) is 0 Å². The van der Waals surface area contributed by atoms with Crippen LogP contribution < -0.4 is 9.80 Å². The molecule has 0 atom stereocenters. The Morgan fingerprint density at radius 3 is 1.86 bits per heavy atom. The number of hydrogen-bond acceptors (Lipinski definition) is 2. The van der Waals surface area contributed by atoms with Crippen LogP contribution in [0.15, 0.2) is 194 Å². The van der Waals surface area contributed by atoms with Crippen molar-refractivity contribution in [2.75, 3.05) is 9.80 Å². The molecule has 0 unspecified atom stereocenters. The first kappa shape index (κ1) is 28.4. The van der Waals surface area contributed by atoms with E-state index in [4.69, 9.17) is 0 Å². The lowest BCUT2D eigenvalue weighted by molar-refractivity contribution is 1.26. The quantitative estimate of drug-likeness (QED) is 0.185. The molecule has 0 radical (unpaired) electrons. The Hall–Kier alpha value is -6.64. The van der Waals surface area contributed by atoms with Crippen LogP contribution in [0.25, 0.3) is 54.6 Å². The Bertz CT molecular complexity index is 2710. The number of hydrogen-bond donors (Lipinski definition) is 0. The van der Waals surface area contributed by atoms with Crippen LogP contribution in [0.4, 0.5) is 34.1 Å². The zero-order chi connectivity index (χ0) is 33.0. The van der Waals surface area contributed by atoms with E-state index in [1.807, 2.05) is 0 Å². The smallest absolute Gasteiger partial charge is 0.0547 e. The second-order valence-corrected chi connectivity index (χ2v) is 13.0. The first-order valence-electron chi connectivity index (χ1n) is 17.2. The summed E-state index contributed by atoms with van der Waals surface area (Å²) in [6, 6.07) is 70.5. The fraction of sp³-hybridized carbons (Fsp3) is 0. The molecule has 234 valence electrons. The summed E-state index contributed by atoms with van der Waals surface area (Å²) in [5, 5.41) is 7.51. The molecule has 2 heteroatoms. The molecule has 0 saturated carbocycles. The standard InChI is InChI=1S/C48H32N2/c1-2-11-33(12-3-1)38-18-8-19-41(31-38)49(42-25-23-34-13-4-5-15-37(34)32-42)39-26-28-40(29-27-39)50-45-22-10-17-36-16-9-21-44(47(36)45)48-43-20-7-6-14-35(43)24-30-46(48)50/h1-32H. The maximum atomic E-state index is 2.44. The van der Waals surface area contributed by atoms with Crippen molar-refractivity contribution in [2.24, 2.45) is 0 Å². The van der Waals surface area contributed by atoms with Gasteiger partial charge in [-0.2, -0.15) is 0 Å². The van der Waals surface area contributed by atoms with E-state index >= 15 is 0 Å². The molecule has 0 fully saturated rings. The number of benzene rings is 9. The van der Waals surface area contributed by atoms with Gasteiger partial charge >= 0.3 is 0 Å². The van der Waals surface area contributed by atoms with Gasteiger partial charge < -0.3 is 9.80 Å². The SMILES string of the molecule is c1ccc(-c2cccc(N(c3ccc(N4c5ccc6ccccc6c5-c5cccc6cccc4c56)cc3)c3ccc4ccccc4c3)c2)cc1. The van der Waals surface area contributed by atoms with E-state index in [-0.39, 0.29) is 0 Å². The van der Waals surface area contributed by atoms with Crippen LogP contribution in [-0.4, -0.2) is 0 Å². The molecule has 9 aromatic rings. The number of fused-ring (bicyclic) bond motifs is 5. The lowest BCUT2D eigenvalue weighted by atomic mass is 9.87. The molecule has 10 rings (SSSR count). The third-order valence-corrected chi connectivity index (χ3v) is 10.1. The van der Waals surface area contributed by atoms with E-state index in [9.17, 15) is 0 Å². The van der Waals surface area contributed by atoms with E-state index in [0.717, 1.165) is 22.7 Å². The molecule has 0 saturated heterocycles. The highest BCUT2D eigenvalue weighted by atomic mass is 15.2. The van der Waals surface area contributed by atoms with Gasteiger partial charge in [-0.15, -0.1) is 0 Å². The minimum Gasteiger partial charge on any atom is -0.310 e. The fourth-order valence-corrected chi connectivity index (χ4v) is 7.82. The maximum Gasteiger partial charge on any atom is 0.0547 e. The summed E-state index contributed by atoms with van der Waals surface area (Å²) in [5.41, 5.74) is 11.8. The van der Waals surface area contributed by atoms with Crippen molar-refractivity contribution in [2.45, 2.75) is 0 Å². The van der Waals surface area contributed by atoms with Gasteiger partial charge in [0, 0.05) is 33.7 Å². The Morgan fingerprint density at radius 2 is 1.00 bits per heavy atom. The van der Waals surface area contributed by atoms with E-state index in [2.05, 4.69) is 204 Å². The van der Waals surface area contributed by atoms with Gasteiger partial charge in [0.15, 0.2) is 0 Å². The summed E-state index contributed by atoms with van der Waals surface area (Å²) in [4.78, 5) is 4.81. The zero-order valence-electron chi connectivity index (χ0n) is 27.4. The van der Waals surface area contributed by atoms with E-state index in [0.29, 0.717) is 0 Å². The minimum absolute atomic E-state index is 1.10. The number of rotatable bonds is 5. The van der Waals surface area contributed by atoms with Gasteiger partial charge in [0.25, 0.3) is 0 Å². The highest BCUT2D eigenvalue weighted by Gasteiger charge is 2.27. The topological polar surface area (TPSA) is 6.48 Å². The van der Waals surface area contributed by atoms with Gasteiger partial charge in [0.1, 0.15) is 0 Å². The molecule has 1 aliphatic heterocycles. The zero-order valence-corrected chi connectivity index (χ0v) is 27.4. The summed E-state index contributed by atoms with van der Waals surface area (Å²) in [5.74, 6) is 0. The Kier molecular flexibility index (Phi) is 6.53. The molecule has 0 bridgehead atoms. The third kappa shape index (κ3) is 4.57. The highest BCUT2D eigenvalue weighted by molar-refractivity contribution is 6.19. The second kappa shape index (κ2) is 11.5. The van der Waals surface area contributed by atoms with Crippen LogP contribution >= 0.6 is 0 Å². The first-order valence-corrected chi connectivity index (χ1v) is 17.2. The summed E-state index contributed by atoms with van der Waals surface area (Å²) < 4.78 is 0. The Labute approximate surface area is 291 Å². The molecule has 9 aromatic carbocycles. The summed E-state index contributed by atoms with van der Waals surface area (Å²) in [6.45, 7) is 0. The van der Waals surface area contributed by atoms with Crippen LogP contribution in [0.5, 0.6) is 0 Å². The average molecular weight is 637 g/mol. The van der Waals surface area contributed by atoms with E-state index in [1.165, 1.54) is 65.9 Å². The Morgan fingerprint density at radius 1 is 0.360 bits per heavy atom. The van der Waals surface area contributed by atoms with Crippen LogP contribution in [-0.2, 0) is 0 Å². The third-order valence-electron chi connectivity index (χ3n) is 10.1. The van der Waals surface area contributed by atoms with Crippen molar-refractivity contribution in [3.05, 3.63) is 194 Å². The molecular formula is C48H32N2. The number of anilines is 6. The van der Waals surface area contributed by atoms with Gasteiger partial charge in [0.2, 0.25) is 0 Å². The lowest BCUT2D eigenvalue weighted by Crippen LogP contribution is -2.15. The predicted molar refractivity (Wildman–Crippen MR) is 213 cm³/mol. The van der Waals surface area contributed by atoms with Gasteiger partial charge in [-0.05, 0) is 104 Å². The average Bonchev–Trinajstić information content (AvgIpc) is 3.19. The molecule has 0 N–H and O–H groups in total. The van der Waals surface area contributed by atoms with Crippen molar-refractivity contribution in [3.63, 3.8) is 0 Å². The van der Waals surface area contributed by atoms with Gasteiger partial charge in [0.05, 0.1) is 11.4 Å². The molecule has 2 nitrogen and oxygen atoms in total. The lowest BCUT2D eigenvalue weighted by Gasteiger charge is -2.34. The van der Waals surface area contributed by atoms with Crippen LogP contribution in [0.3, 0.4) is 0 Å². The van der Waals surface area contributed by atoms with Crippen molar-refractivity contribution in [3.8, 4) is 22.3 Å². The summed E-state index contributed by atoms with van der Waals surface area (Å²) >= 11 is 0. The van der Waals surface area contributed by atoms with Crippen molar-refractivity contribution in [1.82, 2.24) is 0 Å². The summed E-state index contributed by atoms with van der Waals surface area (Å²) in [7, 11) is 0.